The number of carbonyl (C=O) groups excluding carboxylic acids is 1. The van der Waals surface area contributed by atoms with E-state index >= 15 is 0 Å². The fourth-order valence-corrected chi connectivity index (χ4v) is 4.00. The standard InChI is InChI=1S/C22H19ClF3N3O/c23-18-6-2-1-5-17(18)20-19-7-3-12-28(19)13-4-14-29(20)21(30)27-16-10-8-15(9-11-16)22(24,25)26/h1-3,5-12,20H,4,13-14H2,(H,27,30). The van der Waals surface area contributed by atoms with Gasteiger partial charge in [0.15, 0.2) is 0 Å². The van der Waals surface area contributed by atoms with Gasteiger partial charge in [0.1, 0.15) is 6.04 Å². The second-order valence-electron chi connectivity index (χ2n) is 7.10. The SMILES string of the molecule is O=C(Nc1ccc(C(F)(F)F)cc1)N1CCCn2cccc2C1c1ccccc1Cl. The Morgan fingerprint density at radius 1 is 1.00 bits per heavy atom. The topological polar surface area (TPSA) is 37.3 Å². The van der Waals surface area contributed by atoms with E-state index in [1.54, 1.807) is 11.0 Å². The number of alkyl halides is 3. The van der Waals surface area contributed by atoms with Crippen LogP contribution in [0, 0.1) is 0 Å². The van der Waals surface area contributed by atoms with E-state index in [9.17, 15) is 18.0 Å². The zero-order valence-corrected chi connectivity index (χ0v) is 16.6. The Hall–Kier alpha value is -2.93. The first-order valence-electron chi connectivity index (χ1n) is 9.49. The van der Waals surface area contributed by atoms with Crippen molar-refractivity contribution in [1.82, 2.24) is 9.47 Å². The average Bonchev–Trinajstić information content (AvgIpc) is 3.08. The van der Waals surface area contributed by atoms with Crippen molar-refractivity contribution in [2.45, 2.75) is 25.2 Å². The lowest BCUT2D eigenvalue weighted by Crippen LogP contribution is -2.39. The number of fused-ring (bicyclic) bond motifs is 1. The number of benzene rings is 2. The summed E-state index contributed by atoms with van der Waals surface area (Å²) in [4.78, 5) is 14.8. The molecular weight excluding hydrogens is 415 g/mol. The quantitative estimate of drug-likeness (QED) is 0.514. The summed E-state index contributed by atoms with van der Waals surface area (Å²) in [6.45, 7) is 1.23. The molecule has 0 spiro atoms. The van der Waals surface area contributed by atoms with Crippen LogP contribution in [0.3, 0.4) is 0 Å². The number of carbonyl (C=O) groups is 1. The second-order valence-corrected chi connectivity index (χ2v) is 7.51. The van der Waals surface area contributed by atoms with Crippen molar-refractivity contribution in [1.29, 1.82) is 0 Å². The molecule has 1 N–H and O–H groups in total. The highest BCUT2D eigenvalue weighted by atomic mass is 35.5. The Kier molecular flexibility index (Phi) is 5.47. The van der Waals surface area contributed by atoms with Gasteiger partial charge in [0, 0.05) is 35.7 Å². The Bertz CT molecular complexity index is 1050. The van der Waals surface area contributed by atoms with Crippen molar-refractivity contribution in [3.8, 4) is 0 Å². The van der Waals surface area contributed by atoms with Gasteiger partial charge in [0.05, 0.1) is 5.56 Å². The number of hydrogen-bond donors (Lipinski definition) is 1. The molecule has 0 aliphatic carbocycles. The molecule has 2 heterocycles. The smallest absolute Gasteiger partial charge is 0.349 e. The minimum atomic E-state index is -4.42. The fraction of sp³-hybridized carbons (Fsp3) is 0.227. The molecule has 2 amide bonds. The van der Waals surface area contributed by atoms with E-state index in [0.29, 0.717) is 17.3 Å². The van der Waals surface area contributed by atoms with Gasteiger partial charge in [-0.1, -0.05) is 29.8 Å². The van der Waals surface area contributed by atoms with Gasteiger partial charge in [0.25, 0.3) is 0 Å². The summed E-state index contributed by atoms with van der Waals surface area (Å²) in [6.07, 6.45) is -1.71. The summed E-state index contributed by atoms with van der Waals surface area (Å²) in [6, 6.07) is 14.9. The molecule has 1 aliphatic rings. The van der Waals surface area contributed by atoms with Crippen molar-refractivity contribution >= 4 is 23.3 Å². The predicted octanol–water partition coefficient (Wildman–Crippen LogP) is 6.19. The predicted molar refractivity (Wildman–Crippen MR) is 110 cm³/mol. The van der Waals surface area contributed by atoms with Crippen LogP contribution < -0.4 is 5.32 Å². The largest absolute Gasteiger partial charge is 0.416 e. The van der Waals surface area contributed by atoms with E-state index in [-0.39, 0.29) is 0 Å². The Morgan fingerprint density at radius 3 is 2.43 bits per heavy atom. The van der Waals surface area contributed by atoms with Crippen LogP contribution in [0.1, 0.15) is 29.3 Å². The molecule has 1 atom stereocenters. The lowest BCUT2D eigenvalue weighted by Gasteiger charge is -2.31. The molecule has 8 heteroatoms. The monoisotopic (exact) mass is 433 g/mol. The Balaban J connectivity index is 1.65. The third-order valence-corrected chi connectivity index (χ3v) is 5.52. The van der Waals surface area contributed by atoms with E-state index in [1.165, 1.54) is 12.1 Å². The molecule has 3 aromatic rings. The highest BCUT2D eigenvalue weighted by Gasteiger charge is 2.33. The van der Waals surface area contributed by atoms with Crippen LogP contribution >= 0.6 is 11.6 Å². The van der Waals surface area contributed by atoms with E-state index < -0.39 is 23.8 Å². The van der Waals surface area contributed by atoms with Crippen LogP contribution in [0.15, 0.2) is 66.9 Å². The number of aryl methyl sites for hydroxylation is 1. The average molecular weight is 434 g/mol. The Labute approximate surface area is 176 Å². The molecule has 0 fully saturated rings. The summed E-state index contributed by atoms with van der Waals surface area (Å²) < 4.78 is 40.5. The molecule has 0 saturated heterocycles. The summed E-state index contributed by atoms with van der Waals surface area (Å²) in [5.74, 6) is 0. The van der Waals surface area contributed by atoms with Crippen LogP contribution in [0.25, 0.3) is 0 Å². The lowest BCUT2D eigenvalue weighted by atomic mass is 10.0. The van der Waals surface area contributed by atoms with Crippen molar-refractivity contribution in [3.05, 3.63) is 88.7 Å². The number of urea groups is 1. The molecule has 1 aliphatic heterocycles. The molecule has 0 radical (unpaired) electrons. The molecule has 4 rings (SSSR count). The summed E-state index contributed by atoms with van der Waals surface area (Å²) >= 11 is 6.46. The van der Waals surface area contributed by atoms with Gasteiger partial charge in [-0.25, -0.2) is 4.79 Å². The number of hydrogen-bond acceptors (Lipinski definition) is 1. The molecule has 2 aromatic carbocycles. The van der Waals surface area contributed by atoms with E-state index in [0.717, 1.165) is 36.4 Å². The molecule has 1 aromatic heterocycles. The number of amides is 2. The molecule has 1 unspecified atom stereocenters. The number of nitrogens with zero attached hydrogens (tertiary/aromatic N) is 2. The third-order valence-electron chi connectivity index (χ3n) is 5.18. The van der Waals surface area contributed by atoms with E-state index in [1.807, 2.05) is 36.5 Å². The first-order chi connectivity index (χ1) is 14.3. The normalized spacial score (nSPS) is 16.7. The maximum atomic E-state index is 13.2. The van der Waals surface area contributed by atoms with Crippen LogP contribution in [0.2, 0.25) is 5.02 Å². The van der Waals surface area contributed by atoms with Crippen molar-refractivity contribution in [3.63, 3.8) is 0 Å². The molecular formula is C22H19ClF3N3O. The maximum Gasteiger partial charge on any atom is 0.416 e. The fourth-order valence-electron chi connectivity index (χ4n) is 3.76. The highest BCUT2D eigenvalue weighted by molar-refractivity contribution is 6.31. The molecule has 30 heavy (non-hydrogen) atoms. The van der Waals surface area contributed by atoms with E-state index in [2.05, 4.69) is 9.88 Å². The minimum absolute atomic E-state index is 0.297. The number of rotatable bonds is 2. The van der Waals surface area contributed by atoms with Gasteiger partial charge in [-0.3, -0.25) is 0 Å². The second kappa shape index (κ2) is 8.07. The number of anilines is 1. The molecule has 0 bridgehead atoms. The molecule has 4 nitrogen and oxygen atoms in total. The highest BCUT2D eigenvalue weighted by Crippen LogP contribution is 2.36. The van der Waals surface area contributed by atoms with Crippen LogP contribution in [-0.4, -0.2) is 22.0 Å². The minimum Gasteiger partial charge on any atom is -0.349 e. The first kappa shape index (κ1) is 20.3. The zero-order valence-electron chi connectivity index (χ0n) is 15.9. The van der Waals surface area contributed by atoms with Gasteiger partial charge in [-0.05, 0) is 54.4 Å². The maximum absolute atomic E-state index is 13.2. The third kappa shape index (κ3) is 4.03. The van der Waals surface area contributed by atoms with Crippen molar-refractivity contribution in [2.24, 2.45) is 0 Å². The Morgan fingerprint density at radius 2 is 1.73 bits per heavy atom. The lowest BCUT2D eigenvalue weighted by molar-refractivity contribution is -0.137. The van der Waals surface area contributed by atoms with Crippen LogP contribution in [-0.2, 0) is 12.7 Å². The molecule has 0 saturated carbocycles. The molecule has 156 valence electrons. The van der Waals surface area contributed by atoms with Gasteiger partial charge in [-0.15, -0.1) is 0 Å². The van der Waals surface area contributed by atoms with E-state index in [4.69, 9.17) is 11.6 Å². The van der Waals surface area contributed by atoms with Crippen LogP contribution in [0.4, 0.5) is 23.7 Å². The summed E-state index contributed by atoms with van der Waals surface area (Å²) in [5, 5.41) is 3.27. The summed E-state index contributed by atoms with van der Waals surface area (Å²) in [5.41, 5.74) is 1.26. The first-order valence-corrected chi connectivity index (χ1v) is 9.87. The van der Waals surface area contributed by atoms with Crippen molar-refractivity contribution < 1.29 is 18.0 Å². The van der Waals surface area contributed by atoms with Crippen molar-refractivity contribution in [2.75, 3.05) is 11.9 Å². The van der Waals surface area contributed by atoms with Gasteiger partial charge < -0.3 is 14.8 Å². The summed E-state index contributed by atoms with van der Waals surface area (Å²) in [7, 11) is 0. The van der Waals surface area contributed by atoms with Crippen LogP contribution in [0.5, 0.6) is 0 Å². The number of aromatic nitrogens is 1. The van der Waals surface area contributed by atoms with Gasteiger partial charge in [0.2, 0.25) is 0 Å². The zero-order chi connectivity index (χ0) is 21.3. The van der Waals surface area contributed by atoms with Gasteiger partial charge in [-0.2, -0.15) is 13.2 Å². The number of nitrogens with one attached hydrogen (secondary N) is 1. The van der Waals surface area contributed by atoms with Gasteiger partial charge >= 0.3 is 12.2 Å². The number of halogens is 4.